The third kappa shape index (κ3) is 5.35. The van der Waals surface area contributed by atoms with E-state index in [4.69, 9.17) is 4.74 Å². The third-order valence-corrected chi connectivity index (χ3v) is 6.59. The summed E-state index contributed by atoms with van der Waals surface area (Å²) in [4.78, 5) is 43.9. The highest BCUT2D eigenvalue weighted by molar-refractivity contribution is 5.95. The van der Waals surface area contributed by atoms with Crippen LogP contribution in [0.4, 0.5) is 11.6 Å². The Labute approximate surface area is 231 Å². The van der Waals surface area contributed by atoms with Gasteiger partial charge in [-0.15, -0.1) is 0 Å². The molecule has 1 unspecified atom stereocenters. The highest BCUT2D eigenvalue weighted by Gasteiger charge is 2.38. The molecule has 0 spiro atoms. The molecule has 0 bridgehead atoms. The quantitative estimate of drug-likeness (QED) is 0.228. The van der Waals surface area contributed by atoms with Crippen molar-refractivity contribution in [1.29, 1.82) is 0 Å². The number of ether oxygens (including phenoxy) is 1. The van der Waals surface area contributed by atoms with Crippen LogP contribution in [0.1, 0.15) is 36.5 Å². The van der Waals surface area contributed by atoms with Crippen LogP contribution in [-0.4, -0.2) is 28.0 Å². The van der Waals surface area contributed by atoms with Crippen molar-refractivity contribution in [3.05, 3.63) is 129 Å². The minimum Gasteiger partial charge on any atom is -0.463 e. The van der Waals surface area contributed by atoms with Crippen LogP contribution in [0.25, 0.3) is 5.69 Å². The number of carbonyl (C=O) groups excluding carboxylic acids is 2. The fourth-order valence-corrected chi connectivity index (χ4v) is 4.86. The van der Waals surface area contributed by atoms with Crippen molar-refractivity contribution >= 4 is 23.5 Å². The van der Waals surface area contributed by atoms with Gasteiger partial charge >= 0.3 is 11.7 Å². The standard InChI is InChI=1S/C31H29N5O4/c1-3-40-30(38)25-20(2)32-29-27(26(25)22-15-9-5-10-16-22)28(33-31(39)36(29)23-17-11-6-12-18-23)35-34-24(37)19-21-13-7-4-8-14-21/h4-18,26,32H,3,19H2,1-2H3,(H,34,37)(H,33,35,39). The molecule has 1 atom stereocenters. The number of esters is 1. The van der Waals surface area contributed by atoms with E-state index in [1.165, 1.54) is 4.57 Å². The van der Waals surface area contributed by atoms with E-state index in [-0.39, 0.29) is 24.8 Å². The van der Waals surface area contributed by atoms with Crippen LogP contribution >= 0.6 is 0 Å². The van der Waals surface area contributed by atoms with Gasteiger partial charge in [0.05, 0.1) is 30.2 Å². The van der Waals surface area contributed by atoms with Gasteiger partial charge in [-0.2, -0.15) is 4.98 Å². The lowest BCUT2D eigenvalue weighted by Crippen LogP contribution is -2.37. The van der Waals surface area contributed by atoms with Crippen LogP contribution in [0.5, 0.6) is 0 Å². The van der Waals surface area contributed by atoms with Crippen molar-refractivity contribution < 1.29 is 14.3 Å². The topological polar surface area (TPSA) is 114 Å². The summed E-state index contributed by atoms with van der Waals surface area (Å²) in [6, 6.07) is 27.9. The predicted octanol–water partition coefficient (Wildman–Crippen LogP) is 4.31. The van der Waals surface area contributed by atoms with Gasteiger partial charge in [0.1, 0.15) is 5.82 Å². The summed E-state index contributed by atoms with van der Waals surface area (Å²) in [5.41, 5.74) is 8.69. The molecule has 9 nitrogen and oxygen atoms in total. The van der Waals surface area contributed by atoms with Crippen molar-refractivity contribution in [3.8, 4) is 5.69 Å². The lowest BCUT2D eigenvalue weighted by molar-refractivity contribution is -0.138. The Morgan fingerprint density at radius 2 is 1.57 bits per heavy atom. The number of benzene rings is 3. The van der Waals surface area contributed by atoms with Crippen LogP contribution in [0.3, 0.4) is 0 Å². The number of rotatable bonds is 8. The number of hydrogen-bond donors (Lipinski definition) is 3. The van der Waals surface area contributed by atoms with Gasteiger partial charge in [0, 0.05) is 11.3 Å². The zero-order valence-electron chi connectivity index (χ0n) is 22.2. The summed E-state index contributed by atoms with van der Waals surface area (Å²) >= 11 is 0. The number of nitrogens with zero attached hydrogens (tertiary/aromatic N) is 2. The maximum atomic E-state index is 13.5. The Balaban J connectivity index is 1.66. The predicted molar refractivity (Wildman–Crippen MR) is 153 cm³/mol. The number of allylic oxidation sites excluding steroid dienone is 1. The summed E-state index contributed by atoms with van der Waals surface area (Å²) in [5, 5.41) is 3.27. The first kappa shape index (κ1) is 26.4. The molecule has 202 valence electrons. The maximum absolute atomic E-state index is 13.5. The first-order valence-corrected chi connectivity index (χ1v) is 13.0. The molecule has 0 aliphatic carbocycles. The van der Waals surface area contributed by atoms with Crippen LogP contribution in [0.2, 0.25) is 0 Å². The second kappa shape index (κ2) is 11.7. The molecular formula is C31H29N5O4. The van der Waals surface area contributed by atoms with Crippen LogP contribution in [0, 0.1) is 0 Å². The fourth-order valence-electron chi connectivity index (χ4n) is 4.86. The molecule has 3 N–H and O–H groups in total. The molecule has 0 saturated carbocycles. The molecule has 0 fully saturated rings. The van der Waals surface area contributed by atoms with E-state index in [0.717, 1.165) is 11.1 Å². The number of fused-ring (bicyclic) bond motifs is 1. The number of carbonyl (C=O) groups is 2. The summed E-state index contributed by atoms with van der Waals surface area (Å²) in [5.74, 6) is -0.877. The number of aromatic nitrogens is 2. The molecule has 0 radical (unpaired) electrons. The molecular weight excluding hydrogens is 506 g/mol. The average Bonchev–Trinajstić information content (AvgIpc) is 2.96. The van der Waals surface area contributed by atoms with Gasteiger partial charge in [0.2, 0.25) is 5.91 Å². The molecule has 1 amide bonds. The smallest absolute Gasteiger partial charge is 0.355 e. The Morgan fingerprint density at radius 1 is 0.950 bits per heavy atom. The Morgan fingerprint density at radius 3 is 2.23 bits per heavy atom. The number of hydrogen-bond acceptors (Lipinski definition) is 7. The highest BCUT2D eigenvalue weighted by Crippen LogP contribution is 2.45. The van der Waals surface area contributed by atoms with Crippen molar-refractivity contribution in [1.82, 2.24) is 15.0 Å². The number of hydrazine groups is 1. The van der Waals surface area contributed by atoms with Crippen LogP contribution < -0.4 is 21.9 Å². The van der Waals surface area contributed by atoms with Crippen molar-refractivity contribution in [3.63, 3.8) is 0 Å². The molecule has 0 saturated heterocycles. The molecule has 9 heteroatoms. The van der Waals surface area contributed by atoms with E-state index >= 15 is 0 Å². The van der Waals surface area contributed by atoms with E-state index in [2.05, 4.69) is 21.2 Å². The highest BCUT2D eigenvalue weighted by atomic mass is 16.5. The largest absolute Gasteiger partial charge is 0.463 e. The maximum Gasteiger partial charge on any atom is 0.355 e. The summed E-state index contributed by atoms with van der Waals surface area (Å²) < 4.78 is 6.91. The average molecular weight is 536 g/mol. The van der Waals surface area contributed by atoms with Crippen LogP contribution in [-0.2, 0) is 20.7 Å². The Hall–Kier alpha value is -5.18. The third-order valence-electron chi connectivity index (χ3n) is 6.59. The normalized spacial score (nSPS) is 14.1. The lowest BCUT2D eigenvalue weighted by atomic mass is 9.81. The monoisotopic (exact) mass is 535 g/mol. The molecule has 3 aromatic carbocycles. The Bertz CT molecular complexity index is 1620. The first-order valence-electron chi connectivity index (χ1n) is 13.0. The number of para-hydroxylation sites is 1. The van der Waals surface area contributed by atoms with Gasteiger partial charge < -0.3 is 10.1 Å². The first-order chi connectivity index (χ1) is 19.5. The second-order valence-corrected chi connectivity index (χ2v) is 9.24. The van der Waals surface area contributed by atoms with Crippen molar-refractivity contribution in [2.75, 3.05) is 17.3 Å². The van der Waals surface area contributed by atoms with E-state index in [1.807, 2.05) is 78.9 Å². The SMILES string of the molecule is CCOC(=O)C1=C(C)Nc2c(c(NNC(=O)Cc3ccccc3)nc(=O)n2-c2ccccc2)C1c1ccccc1. The molecule has 1 aliphatic heterocycles. The zero-order chi connectivity index (χ0) is 28.1. The summed E-state index contributed by atoms with van der Waals surface area (Å²) in [6.45, 7) is 3.73. The van der Waals surface area contributed by atoms with E-state index in [1.54, 1.807) is 26.0 Å². The van der Waals surface area contributed by atoms with Gasteiger partial charge in [-0.25, -0.2) is 14.2 Å². The minimum absolute atomic E-state index is 0.129. The van der Waals surface area contributed by atoms with Gasteiger partial charge in [-0.05, 0) is 37.1 Å². The Kier molecular flexibility index (Phi) is 7.72. The van der Waals surface area contributed by atoms with Crippen LogP contribution in [0.15, 0.2) is 107 Å². The lowest BCUT2D eigenvalue weighted by Gasteiger charge is -2.33. The molecule has 1 aromatic heterocycles. The zero-order valence-corrected chi connectivity index (χ0v) is 22.2. The molecule has 40 heavy (non-hydrogen) atoms. The van der Waals surface area contributed by atoms with Crippen molar-refractivity contribution in [2.45, 2.75) is 26.2 Å². The summed E-state index contributed by atoms with van der Waals surface area (Å²) in [7, 11) is 0. The van der Waals surface area contributed by atoms with Gasteiger partial charge in [0.25, 0.3) is 0 Å². The summed E-state index contributed by atoms with van der Waals surface area (Å²) in [6.07, 6.45) is 0.130. The number of anilines is 2. The van der Waals surface area contributed by atoms with E-state index in [9.17, 15) is 14.4 Å². The molecule has 4 aromatic rings. The second-order valence-electron chi connectivity index (χ2n) is 9.24. The minimum atomic E-state index is -0.645. The molecule has 1 aliphatic rings. The number of amides is 1. The van der Waals surface area contributed by atoms with E-state index in [0.29, 0.717) is 28.3 Å². The van der Waals surface area contributed by atoms with Gasteiger partial charge in [0.15, 0.2) is 5.82 Å². The number of nitrogens with one attached hydrogen (secondary N) is 3. The fraction of sp³-hybridized carbons (Fsp3) is 0.161. The van der Waals surface area contributed by atoms with E-state index < -0.39 is 17.6 Å². The molecule has 5 rings (SSSR count). The van der Waals surface area contributed by atoms with Gasteiger partial charge in [-0.1, -0.05) is 78.9 Å². The van der Waals surface area contributed by atoms with Crippen molar-refractivity contribution in [2.24, 2.45) is 0 Å². The molecule has 2 heterocycles. The van der Waals surface area contributed by atoms with Gasteiger partial charge in [-0.3, -0.25) is 15.6 Å².